The van der Waals surface area contributed by atoms with Crippen molar-refractivity contribution in [2.75, 3.05) is 13.2 Å². The molecule has 0 aromatic rings. The summed E-state index contributed by atoms with van der Waals surface area (Å²) in [6.45, 7) is -1.57. The third-order valence-electron chi connectivity index (χ3n) is 2.50. The number of hydrogen-bond donors (Lipinski definition) is 0. The first kappa shape index (κ1) is 19.8. The summed E-state index contributed by atoms with van der Waals surface area (Å²) in [5.74, 6) is -6.11. The largest absolute Gasteiger partial charge is 0.490 e. The Morgan fingerprint density at radius 3 is 2.17 bits per heavy atom. The van der Waals surface area contributed by atoms with E-state index in [4.69, 9.17) is 0 Å². The Morgan fingerprint density at radius 1 is 1.17 bits per heavy atom. The van der Waals surface area contributed by atoms with Crippen molar-refractivity contribution >= 4 is 5.97 Å². The van der Waals surface area contributed by atoms with Gasteiger partial charge >= 0.3 is 24.4 Å². The van der Waals surface area contributed by atoms with Gasteiger partial charge in [0, 0.05) is 6.42 Å². The number of halogens is 8. The van der Waals surface area contributed by atoms with Crippen molar-refractivity contribution in [3.8, 4) is 0 Å². The molecule has 0 bridgehead atoms. The van der Waals surface area contributed by atoms with Crippen molar-refractivity contribution in [3.63, 3.8) is 0 Å². The lowest BCUT2D eigenvalue weighted by Gasteiger charge is -2.26. The van der Waals surface area contributed by atoms with Crippen LogP contribution in [0.2, 0.25) is 0 Å². The van der Waals surface area contributed by atoms with Crippen molar-refractivity contribution < 1.29 is 58.9 Å². The van der Waals surface area contributed by atoms with E-state index in [1.165, 1.54) is 0 Å². The molecule has 5 nitrogen and oxygen atoms in total. The van der Waals surface area contributed by atoms with Gasteiger partial charge in [0.2, 0.25) is 0 Å². The van der Waals surface area contributed by atoms with Crippen molar-refractivity contribution in [3.05, 3.63) is 0 Å². The first-order valence-corrected chi connectivity index (χ1v) is 5.87. The van der Waals surface area contributed by atoms with Gasteiger partial charge in [0.25, 0.3) is 12.1 Å². The Kier molecular flexibility index (Phi) is 5.48. The second-order valence-corrected chi connectivity index (χ2v) is 4.40. The Balaban J connectivity index is 2.44. The van der Waals surface area contributed by atoms with Crippen molar-refractivity contribution in [2.45, 2.75) is 43.9 Å². The SMILES string of the molecule is CC1(C(F)(F)F)OC(F)C(F)(OCCCOC(=O)C(F)(F)F)O1. The Morgan fingerprint density at radius 2 is 1.74 bits per heavy atom. The fraction of sp³-hybridized carbons (Fsp3) is 0.900. The van der Waals surface area contributed by atoms with Crippen LogP contribution in [-0.2, 0) is 23.7 Å². The van der Waals surface area contributed by atoms with Crippen LogP contribution in [0.15, 0.2) is 0 Å². The van der Waals surface area contributed by atoms with Gasteiger partial charge in [-0.25, -0.2) is 9.18 Å². The quantitative estimate of drug-likeness (QED) is 0.428. The molecule has 0 spiro atoms. The van der Waals surface area contributed by atoms with Gasteiger partial charge in [-0.15, -0.1) is 0 Å². The van der Waals surface area contributed by atoms with E-state index in [-0.39, 0.29) is 6.92 Å². The number of hydrogen-bond acceptors (Lipinski definition) is 5. The molecule has 1 saturated heterocycles. The van der Waals surface area contributed by atoms with Gasteiger partial charge in [0.1, 0.15) is 0 Å². The van der Waals surface area contributed by atoms with Crippen LogP contribution >= 0.6 is 0 Å². The minimum atomic E-state index is -5.27. The highest BCUT2D eigenvalue weighted by molar-refractivity contribution is 5.75. The summed E-state index contributed by atoms with van der Waals surface area (Å²) in [4.78, 5) is 10.3. The number of carbonyl (C=O) groups is 1. The maximum atomic E-state index is 13.8. The first-order valence-electron chi connectivity index (χ1n) is 5.87. The molecule has 0 aromatic carbocycles. The van der Waals surface area contributed by atoms with Crippen molar-refractivity contribution in [1.29, 1.82) is 0 Å². The smallest absolute Gasteiger partial charge is 0.459 e. The Labute approximate surface area is 123 Å². The average Bonchev–Trinajstić information content (AvgIpc) is 2.58. The van der Waals surface area contributed by atoms with E-state index in [9.17, 15) is 39.9 Å². The van der Waals surface area contributed by atoms with Crippen LogP contribution in [0.1, 0.15) is 13.3 Å². The zero-order chi connectivity index (χ0) is 18.1. The highest BCUT2D eigenvalue weighted by atomic mass is 19.4. The first-order chi connectivity index (χ1) is 10.2. The number of ether oxygens (including phenoxy) is 4. The average molecular weight is 362 g/mol. The number of esters is 1. The summed E-state index contributed by atoms with van der Waals surface area (Å²) in [6.07, 6.45) is -14.3. The van der Waals surface area contributed by atoms with Crippen molar-refractivity contribution in [1.82, 2.24) is 0 Å². The van der Waals surface area contributed by atoms with Crippen LogP contribution in [-0.4, -0.2) is 49.7 Å². The lowest BCUT2D eigenvalue weighted by molar-refractivity contribution is -0.391. The van der Waals surface area contributed by atoms with Crippen LogP contribution in [0.5, 0.6) is 0 Å². The molecule has 0 amide bonds. The second-order valence-electron chi connectivity index (χ2n) is 4.40. The molecular formula is C10H10F8O5. The second kappa shape index (κ2) is 6.36. The molecule has 3 unspecified atom stereocenters. The molecule has 1 aliphatic heterocycles. The van der Waals surface area contributed by atoms with Crippen LogP contribution in [0.3, 0.4) is 0 Å². The molecule has 3 atom stereocenters. The van der Waals surface area contributed by atoms with E-state index < -0.39 is 56.1 Å². The van der Waals surface area contributed by atoms with Gasteiger partial charge in [-0.2, -0.15) is 30.7 Å². The lowest BCUT2D eigenvalue weighted by Crippen LogP contribution is -2.45. The van der Waals surface area contributed by atoms with Gasteiger partial charge in [-0.3, -0.25) is 4.74 Å². The standard InChI is InChI=1S/C10H10F8O5/c1-7(10(16,17)18)22-5(11)9(15,23-7)21-4-2-3-20-6(19)8(12,13)14/h5H,2-4H2,1H3. The molecule has 0 radical (unpaired) electrons. The zero-order valence-corrected chi connectivity index (χ0v) is 11.3. The fourth-order valence-corrected chi connectivity index (χ4v) is 1.34. The molecule has 0 aliphatic carbocycles. The summed E-state index contributed by atoms with van der Waals surface area (Å²) >= 11 is 0. The molecule has 23 heavy (non-hydrogen) atoms. The number of alkyl halides is 8. The maximum Gasteiger partial charge on any atom is 0.490 e. The maximum absolute atomic E-state index is 13.8. The molecular weight excluding hydrogens is 352 g/mol. The molecule has 1 rings (SSSR count). The van der Waals surface area contributed by atoms with E-state index in [0.717, 1.165) is 0 Å². The van der Waals surface area contributed by atoms with E-state index in [1.807, 2.05) is 0 Å². The molecule has 0 aromatic heterocycles. The minimum Gasteiger partial charge on any atom is -0.459 e. The lowest BCUT2D eigenvalue weighted by atomic mass is 10.3. The van der Waals surface area contributed by atoms with Gasteiger partial charge < -0.3 is 14.2 Å². The van der Waals surface area contributed by atoms with Crippen molar-refractivity contribution in [2.24, 2.45) is 0 Å². The Hall–Kier alpha value is -1.21. The molecule has 1 heterocycles. The van der Waals surface area contributed by atoms with Gasteiger partial charge in [0.05, 0.1) is 13.2 Å². The highest BCUT2D eigenvalue weighted by Gasteiger charge is 2.69. The van der Waals surface area contributed by atoms with E-state index in [2.05, 4.69) is 18.9 Å². The highest BCUT2D eigenvalue weighted by Crippen LogP contribution is 2.47. The van der Waals surface area contributed by atoms with Crippen LogP contribution < -0.4 is 0 Å². The fourth-order valence-electron chi connectivity index (χ4n) is 1.34. The van der Waals surface area contributed by atoms with Crippen LogP contribution in [0, 0.1) is 0 Å². The van der Waals surface area contributed by atoms with E-state index in [0.29, 0.717) is 0 Å². The summed E-state index contributed by atoms with van der Waals surface area (Å²) in [5, 5.41) is 0. The monoisotopic (exact) mass is 362 g/mol. The summed E-state index contributed by atoms with van der Waals surface area (Å²) in [6, 6.07) is -3.90. The topological polar surface area (TPSA) is 54.0 Å². The molecule has 0 saturated carbocycles. The molecule has 1 fully saturated rings. The van der Waals surface area contributed by atoms with E-state index >= 15 is 0 Å². The Bertz CT molecular complexity index is 438. The molecule has 1 aliphatic rings. The molecule has 13 heteroatoms. The third-order valence-corrected chi connectivity index (χ3v) is 2.50. The van der Waals surface area contributed by atoms with Crippen LogP contribution in [0.25, 0.3) is 0 Å². The summed E-state index contributed by atoms with van der Waals surface area (Å²) in [5.41, 5.74) is 0. The number of carbonyl (C=O) groups excluding carboxylic acids is 1. The molecule has 136 valence electrons. The summed E-state index contributed by atoms with van der Waals surface area (Å²) in [7, 11) is 0. The summed E-state index contributed by atoms with van der Waals surface area (Å²) < 4.78 is 115. The van der Waals surface area contributed by atoms with E-state index in [1.54, 1.807) is 0 Å². The normalized spacial score (nSPS) is 32.1. The third kappa shape index (κ3) is 4.64. The minimum absolute atomic E-state index is 0.218. The zero-order valence-electron chi connectivity index (χ0n) is 11.3. The van der Waals surface area contributed by atoms with Crippen LogP contribution in [0.4, 0.5) is 35.1 Å². The number of rotatable bonds is 5. The van der Waals surface area contributed by atoms with Gasteiger partial charge in [-0.05, 0) is 6.92 Å². The molecule has 0 N–H and O–H groups in total. The van der Waals surface area contributed by atoms with Gasteiger partial charge in [0.15, 0.2) is 0 Å². The van der Waals surface area contributed by atoms with Gasteiger partial charge in [-0.1, -0.05) is 0 Å². The predicted octanol–water partition coefficient (Wildman–Crippen LogP) is 2.74. The predicted molar refractivity (Wildman–Crippen MR) is 52.9 cm³/mol.